The summed E-state index contributed by atoms with van der Waals surface area (Å²) < 4.78 is 25.5. The van der Waals surface area contributed by atoms with E-state index in [0.29, 0.717) is 11.1 Å². The highest BCUT2D eigenvalue weighted by atomic mass is 35.5. The van der Waals surface area contributed by atoms with Crippen LogP contribution < -0.4 is 14.8 Å². The first-order valence-electron chi connectivity index (χ1n) is 9.60. The van der Waals surface area contributed by atoms with Crippen LogP contribution in [0.2, 0.25) is 10.0 Å². The maximum atomic E-state index is 14.6. The molecule has 3 aromatic rings. The fourth-order valence-electron chi connectivity index (χ4n) is 3.66. The van der Waals surface area contributed by atoms with Crippen molar-refractivity contribution in [3.63, 3.8) is 0 Å². The van der Waals surface area contributed by atoms with Crippen LogP contribution in [0.5, 0.6) is 11.5 Å². The molecule has 32 heavy (non-hydrogen) atoms. The second-order valence-electron chi connectivity index (χ2n) is 7.10. The zero-order valence-corrected chi connectivity index (χ0v) is 20.3. The number of methoxy groups -OCH3 is 2. The van der Waals surface area contributed by atoms with Crippen molar-refractivity contribution >= 4 is 46.7 Å². The number of ether oxygens (including phenoxy) is 2. The van der Waals surface area contributed by atoms with Crippen molar-refractivity contribution in [2.24, 2.45) is 0 Å². The highest BCUT2D eigenvalue weighted by Gasteiger charge is 2.46. The molecule has 0 aliphatic carbocycles. The van der Waals surface area contributed by atoms with Crippen LogP contribution >= 0.6 is 30.3 Å². The van der Waals surface area contributed by atoms with E-state index in [9.17, 15) is 14.2 Å². The SMILES string of the molecule is COc1c(C)cc(C)c(OC)c1C(=O)P(=O)(C(=O)c1c(Cl)cccc1Cl)c1ccccc1. The van der Waals surface area contributed by atoms with Crippen molar-refractivity contribution in [3.05, 3.63) is 86.9 Å². The Morgan fingerprint density at radius 2 is 1.22 bits per heavy atom. The normalized spacial score (nSPS) is 12.7. The molecule has 0 spiro atoms. The molecule has 0 aliphatic rings. The Balaban J connectivity index is 2.39. The smallest absolute Gasteiger partial charge is 0.249 e. The Bertz CT molecular complexity index is 1210. The molecule has 0 bridgehead atoms. The number of hydrogen-bond donors (Lipinski definition) is 0. The van der Waals surface area contributed by atoms with Crippen LogP contribution in [0.4, 0.5) is 0 Å². The maximum Gasteiger partial charge on any atom is 0.249 e. The summed E-state index contributed by atoms with van der Waals surface area (Å²) >= 11 is 12.5. The van der Waals surface area contributed by atoms with Crippen LogP contribution in [0.15, 0.2) is 54.6 Å². The minimum atomic E-state index is -4.48. The first-order valence-corrected chi connectivity index (χ1v) is 12.1. The van der Waals surface area contributed by atoms with Gasteiger partial charge in [0.1, 0.15) is 17.1 Å². The van der Waals surface area contributed by atoms with Crippen LogP contribution in [0.1, 0.15) is 31.8 Å². The van der Waals surface area contributed by atoms with Gasteiger partial charge in [0.15, 0.2) is 0 Å². The topological polar surface area (TPSA) is 69.7 Å². The molecule has 1 atom stereocenters. The molecule has 0 aromatic heterocycles. The molecular weight excluding hydrogens is 470 g/mol. The Morgan fingerprint density at radius 3 is 1.69 bits per heavy atom. The standard InChI is InChI=1S/C24H21Cl2O5P/c1-14-13-15(2)22(31-4)20(21(14)30-3)24(28)32(29,16-9-6-5-7-10-16)23(27)19-17(25)11-8-12-18(19)26/h5-13H,1-4H3. The van der Waals surface area contributed by atoms with Crippen LogP contribution in [-0.4, -0.2) is 25.3 Å². The fraction of sp³-hybridized carbons (Fsp3) is 0.167. The minimum absolute atomic E-state index is 0.00538. The van der Waals surface area contributed by atoms with Crippen molar-refractivity contribution in [3.8, 4) is 11.5 Å². The Hall–Kier alpha value is -2.59. The first-order chi connectivity index (χ1) is 15.2. The summed E-state index contributed by atoms with van der Waals surface area (Å²) in [4.78, 5) is 27.8. The van der Waals surface area contributed by atoms with E-state index < -0.39 is 18.2 Å². The predicted molar refractivity (Wildman–Crippen MR) is 128 cm³/mol. The molecule has 0 N–H and O–H groups in total. The van der Waals surface area contributed by atoms with Crippen LogP contribution in [0.25, 0.3) is 0 Å². The van der Waals surface area contributed by atoms with Gasteiger partial charge in [0, 0.05) is 5.30 Å². The summed E-state index contributed by atoms with van der Waals surface area (Å²) in [6.07, 6.45) is 0. The van der Waals surface area contributed by atoms with E-state index in [2.05, 4.69) is 0 Å². The summed E-state index contributed by atoms with van der Waals surface area (Å²) in [6.45, 7) is 3.50. The molecule has 0 heterocycles. The van der Waals surface area contributed by atoms with E-state index in [-0.39, 0.29) is 38.0 Å². The van der Waals surface area contributed by atoms with Gasteiger partial charge in [-0.25, -0.2) is 0 Å². The lowest BCUT2D eigenvalue weighted by molar-refractivity contribution is 0.103. The average molecular weight is 491 g/mol. The third kappa shape index (κ3) is 3.97. The van der Waals surface area contributed by atoms with E-state index >= 15 is 0 Å². The quantitative estimate of drug-likeness (QED) is 0.363. The Morgan fingerprint density at radius 1 is 0.750 bits per heavy atom. The Labute approximate surface area is 196 Å². The lowest BCUT2D eigenvalue weighted by Crippen LogP contribution is -2.22. The first kappa shape index (κ1) is 24.1. The number of hydrogen-bond acceptors (Lipinski definition) is 5. The van der Waals surface area contributed by atoms with Gasteiger partial charge in [0.25, 0.3) is 0 Å². The molecule has 0 radical (unpaired) electrons. The van der Waals surface area contributed by atoms with Gasteiger partial charge in [-0.05, 0) is 43.2 Å². The van der Waals surface area contributed by atoms with Crippen molar-refractivity contribution in [2.45, 2.75) is 13.8 Å². The minimum Gasteiger partial charge on any atom is -0.496 e. The van der Waals surface area contributed by atoms with E-state index in [1.54, 1.807) is 44.2 Å². The summed E-state index contributed by atoms with van der Waals surface area (Å²) in [5, 5.41) is 0.0749. The van der Waals surface area contributed by atoms with E-state index in [0.717, 1.165) is 0 Å². The molecule has 0 saturated carbocycles. The number of halogens is 2. The second kappa shape index (κ2) is 9.50. The molecule has 3 rings (SSSR count). The van der Waals surface area contributed by atoms with Crippen LogP contribution in [0, 0.1) is 13.8 Å². The van der Waals surface area contributed by atoms with E-state index in [4.69, 9.17) is 32.7 Å². The van der Waals surface area contributed by atoms with Crippen LogP contribution in [0.3, 0.4) is 0 Å². The summed E-state index contributed by atoms with van der Waals surface area (Å²) in [7, 11) is -1.68. The lowest BCUT2D eigenvalue weighted by Gasteiger charge is -2.22. The van der Waals surface area contributed by atoms with Crippen molar-refractivity contribution in [1.29, 1.82) is 0 Å². The van der Waals surface area contributed by atoms with Crippen LogP contribution in [-0.2, 0) is 4.57 Å². The van der Waals surface area contributed by atoms with Gasteiger partial charge in [-0.3, -0.25) is 9.59 Å². The van der Waals surface area contributed by atoms with Crippen molar-refractivity contribution < 1.29 is 23.6 Å². The molecule has 0 fully saturated rings. The van der Waals surface area contributed by atoms with Gasteiger partial charge in [-0.15, -0.1) is 0 Å². The second-order valence-corrected chi connectivity index (χ2v) is 10.5. The van der Waals surface area contributed by atoms with Gasteiger partial charge >= 0.3 is 0 Å². The Kier molecular flexibility index (Phi) is 7.14. The summed E-state index contributed by atoms with van der Waals surface area (Å²) in [5.74, 6) is 0.373. The number of rotatable bonds is 7. The molecule has 0 aliphatic heterocycles. The lowest BCUT2D eigenvalue weighted by atomic mass is 10.0. The molecule has 3 aromatic carbocycles. The molecule has 166 valence electrons. The molecule has 8 heteroatoms. The third-order valence-electron chi connectivity index (χ3n) is 5.09. The van der Waals surface area contributed by atoms with Crippen molar-refractivity contribution in [2.75, 3.05) is 14.2 Å². The van der Waals surface area contributed by atoms with Gasteiger partial charge in [-0.1, -0.05) is 59.6 Å². The van der Waals surface area contributed by atoms with E-state index in [1.165, 1.54) is 38.5 Å². The zero-order chi connectivity index (χ0) is 23.6. The molecular formula is C24H21Cl2O5P. The zero-order valence-electron chi connectivity index (χ0n) is 17.9. The third-order valence-corrected chi connectivity index (χ3v) is 8.34. The molecule has 5 nitrogen and oxygen atoms in total. The highest BCUT2D eigenvalue weighted by Crippen LogP contribution is 2.55. The predicted octanol–water partition coefficient (Wildman–Crippen LogP) is 6.30. The average Bonchev–Trinajstić information content (AvgIpc) is 2.78. The number of carbonyl (C=O) groups excluding carboxylic acids is 2. The van der Waals surface area contributed by atoms with Gasteiger partial charge in [0.2, 0.25) is 18.2 Å². The molecule has 0 saturated heterocycles. The van der Waals surface area contributed by atoms with Gasteiger partial charge in [0.05, 0.1) is 29.8 Å². The van der Waals surface area contributed by atoms with Gasteiger partial charge in [-0.2, -0.15) is 0 Å². The van der Waals surface area contributed by atoms with Gasteiger partial charge < -0.3 is 14.0 Å². The summed E-state index contributed by atoms with van der Waals surface area (Å²) in [5.41, 5.74) is -0.818. The molecule has 0 amide bonds. The number of benzene rings is 3. The monoisotopic (exact) mass is 490 g/mol. The fourth-order valence-corrected chi connectivity index (χ4v) is 6.68. The highest BCUT2D eigenvalue weighted by molar-refractivity contribution is 8.01. The largest absolute Gasteiger partial charge is 0.496 e. The molecule has 1 unspecified atom stereocenters. The van der Waals surface area contributed by atoms with E-state index in [1.807, 2.05) is 0 Å². The maximum absolute atomic E-state index is 14.6. The number of carbonyl (C=O) groups is 2. The number of aryl methyl sites for hydroxylation is 2. The summed E-state index contributed by atoms with van der Waals surface area (Å²) in [6, 6.07) is 14.1. The van der Waals surface area contributed by atoms with Crippen molar-refractivity contribution in [1.82, 2.24) is 0 Å².